The molecule has 3 N–H and O–H groups in total. The Morgan fingerprint density at radius 3 is 2.43 bits per heavy atom. The number of nitrogens with zero attached hydrogens (tertiary/aromatic N) is 1. The van der Waals surface area contributed by atoms with Gasteiger partial charge in [-0.1, -0.05) is 26.2 Å². The van der Waals surface area contributed by atoms with Gasteiger partial charge in [-0.05, 0) is 52.0 Å². The molecule has 1 saturated heterocycles. The minimum absolute atomic E-state index is 0. The second-order valence-corrected chi connectivity index (χ2v) is 7.72. The van der Waals surface area contributed by atoms with E-state index in [1.165, 1.54) is 19.3 Å². The van der Waals surface area contributed by atoms with E-state index >= 15 is 0 Å². The van der Waals surface area contributed by atoms with Crippen LogP contribution in [0.5, 0.6) is 0 Å². The standard InChI is InChI=1S/C17H33N3O.2ClH/c1-4-14-8-7-11-20(12-14)16(2,3)13-19-15(21)17(18)9-5-6-10-17;;/h14H,4-13,18H2,1-3H3,(H,19,21);2*1H. The minimum atomic E-state index is -0.607. The van der Waals surface area contributed by atoms with Crippen molar-refractivity contribution in [3.8, 4) is 0 Å². The Morgan fingerprint density at radius 2 is 1.87 bits per heavy atom. The van der Waals surface area contributed by atoms with Crippen LogP contribution in [0.25, 0.3) is 0 Å². The Kier molecular flexibility index (Phi) is 9.44. The summed E-state index contributed by atoms with van der Waals surface area (Å²) in [5, 5.41) is 3.13. The summed E-state index contributed by atoms with van der Waals surface area (Å²) in [6, 6.07) is 0. The van der Waals surface area contributed by atoms with Gasteiger partial charge in [0.2, 0.25) is 5.91 Å². The molecule has 0 bridgehead atoms. The first-order chi connectivity index (χ1) is 9.87. The second-order valence-electron chi connectivity index (χ2n) is 7.72. The summed E-state index contributed by atoms with van der Waals surface area (Å²) in [7, 11) is 0. The van der Waals surface area contributed by atoms with Gasteiger partial charge in [-0.3, -0.25) is 9.69 Å². The third-order valence-electron chi connectivity index (χ3n) is 5.58. The maximum absolute atomic E-state index is 12.4. The summed E-state index contributed by atoms with van der Waals surface area (Å²) in [5.41, 5.74) is 5.63. The second kappa shape index (κ2) is 9.45. The molecule has 0 radical (unpaired) electrons. The fraction of sp³-hybridized carbons (Fsp3) is 0.941. The molecule has 6 heteroatoms. The summed E-state index contributed by atoms with van der Waals surface area (Å²) in [6.07, 6.45) is 7.71. The Labute approximate surface area is 154 Å². The molecule has 1 aliphatic carbocycles. The molecule has 1 atom stereocenters. The van der Waals surface area contributed by atoms with Crippen molar-refractivity contribution < 1.29 is 4.79 Å². The highest BCUT2D eigenvalue weighted by Gasteiger charge is 2.38. The molecule has 2 fully saturated rings. The third-order valence-corrected chi connectivity index (χ3v) is 5.58. The van der Waals surface area contributed by atoms with E-state index in [1.807, 2.05) is 0 Å². The number of carbonyl (C=O) groups excluding carboxylic acids is 1. The molecule has 0 spiro atoms. The zero-order valence-corrected chi connectivity index (χ0v) is 16.5. The molecule has 1 heterocycles. The van der Waals surface area contributed by atoms with Crippen molar-refractivity contribution in [3.05, 3.63) is 0 Å². The maximum Gasteiger partial charge on any atom is 0.240 e. The number of hydrogen-bond acceptors (Lipinski definition) is 3. The highest BCUT2D eigenvalue weighted by atomic mass is 35.5. The molecule has 0 aromatic carbocycles. The van der Waals surface area contributed by atoms with Crippen molar-refractivity contribution in [1.82, 2.24) is 10.2 Å². The van der Waals surface area contributed by atoms with Crippen LogP contribution in [0.3, 0.4) is 0 Å². The largest absolute Gasteiger partial charge is 0.353 e. The molecule has 4 nitrogen and oxygen atoms in total. The van der Waals surface area contributed by atoms with E-state index in [1.54, 1.807) is 0 Å². The van der Waals surface area contributed by atoms with Crippen LogP contribution < -0.4 is 11.1 Å². The van der Waals surface area contributed by atoms with Crippen LogP contribution in [0.1, 0.15) is 65.7 Å². The quantitative estimate of drug-likeness (QED) is 0.784. The predicted molar refractivity (Wildman–Crippen MR) is 102 cm³/mol. The normalized spacial score (nSPS) is 24.4. The zero-order valence-electron chi connectivity index (χ0n) is 14.9. The van der Waals surface area contributed by atoms with Crippen LogP contribution in [0, 0.1) is 5.92 Å². The van der Waals surface area contributed by atoms with Crippen LogP contribution in [0.4, 0.5) is 0 Å². The molecule has 2 rings (SSSR count). The van der Waals surface area contributed by atoms with Crippen LogP contribution in [-0.4, -0.2) is 41.5 Å². The lowest BCUT2D eigenvalue weighted by atomic mass is 9.90. The maximum atomic E-state index is 12.4. The highest BCUT2D eigenvalue weighted by molar-refractivity contribution is 5.86. The number of likely N-dealkylation sites (tertiary alicyclic amines) is 1. The van der Waals surface area contributed by atoms with Gasteiger partial charge >= 0.3 is 0 Å². The van der Waals surface area contributed by atoms with E-state index in [2.05, 4.69) is 31.0 Å². The fourth-order valence-corrected chi connectivity index (χ4v) is 3.77. The third kappa shape index (κ3) is 5.77. The van der Waals surface area contributed by atoms with E-state index in [4.69, 9.17) is 5.73 Å². The van der Waals surface area contributed by atoms with Gasteiger partial charge in [-0.25, -0.2) is 0 Å². The SMILES string of the molecule is CCC1CCCN(C(C)(C)CNC(=O)C2(N)CCCC2)C1.Cl.Cl. The number of piperidine rings is 1. The summed E-state index contributed by atoms with van der Waals surface area (Å²) < 4.78 is 0. The fourth-order valence-electron chi connectivity index (χ4n) is 3.77. The molecule has 0 aromatic heterocycles. The van der Waals surface area contributed by atoms with Gasteiger partial charge < -0.3 is 11.1 Å². The first-order valence-electron chi connectivity index (χ1n) is 8.69. The average Bonchev–Trinajstić information content (AvgIpc) is 2.93. The topological polar surface area (TPSA) is 58.4 Å². The van der Waals surface area contributed by atoms with E-state index in [-0.39, 0.29) is 36.3 Å². The average molecular weight is 368 g/mol. The van der Waals surface area contributed by atoms with Crippen LogP contribution in [0.15, 0.2) is 0 Å². The summed E-state index contributed by atoms with van der Waals surface area (Å²) >= 11 is 0. The summed E-state index contributed by atoms with van der Waals surface area (Å²) in [5.74, 6) is 0.863. The van der Waals surface area contributed by atoms with E-state index in [0.717, 1.165) is 44.7 Å². The molecule has 1 saturated carbocycles. The van der Waals surface area contributed by atoms with Gasteiger partial charge in [-0.15, -0.1) is 24.8 Å². The molecule has 0 aromatic rings. The molecule has 1 unspecified atom stereocenters. The van der Waals surface area contributed by atoms with Crippen molar-refractivity contribution in [2.75, 3.05) is 19.6 Å². The predicted octanol–water partition coefficient (Wildman–Crippen LogP) is 3.12. The molecular formula is C17H35Cl2N3O. The molecule has 2 aliphatic rings. The summed E-state index contributed by atoms with van der Waals surface area (Å²) in [4.78, 5) is 14.9. The Morgan fingerprint density at radius 1 is 1.26 bits per heavy atom. The molecule has 1 amide bonds. The van der Waals surface area contributed by atoms with E-state index < -0.39 is 5.54 Å². The minimum Gasteiger partial charge on any atom is -0.353 e. The lowest BCUT2D eigenvalue weighted by Crippen LogP contribution is -2.59. The van der Waals surface area contributed by atoms with Gasteiger partial charge in [0.05, 0.1) is 5.54 Å². The zero-order chi connectivity index (χ0) is 15.5. The van der Waals surface area contributed by atoms with E-state index in [0.29, 0.717) is 6.54 Å². The van der Waals surface area contributed by atoms with Crippen molar-refractivity contribution >= 4 is 30.7 Å². The Balaban J connectivity index is 0.00000242. The molecule has 23 heavy (non-hydrogen) atoms. The number of halogens is 2. The molecule has 138 valence electrons. The number of nitrogens with two attached hydrogens (primary N) is 1. The van der Waals surface area contributed by atoms with Crippen LogP contribution in [-0.2, 0) is 4.79 Å². The first kappa shape index (κ1) is 23.0. The Hall–Kier alpha value is -0.0300. The number of carbonyl (C=O) groups is 1. The monoisotopic (exact) mass is 367 g/mol. The smallest absolute Gasteiger partial charge is 0.240 e. The first-order valence-corrected chi connectivity index (χ1v) is 8.69. The van der Waals surface area contributed by atoms with Crippen LogP contribution >= 0.6 is 24.8 Å². The molecular weight excluding hydrogens is 333 g/mol. The number of rotatable bonds is 5. The van der Waals surface area contributed by atoms with Gasteiger partial charge in [0.25, 0.3) is 0 Å². The van der Waals surface area contributed by atoms with Gasteiger partial charge in [0.1, 0.15) is 0 Å². The van der Waals surface area contributed by atoms with Crippen molar-refractivity contribution in [3.63, 3.8) is 0 Å². The summed E-state index contributed by atoms with van der Waals surface area (Å²) in [6.45, 7) is 9.76. The Bertz CT molecular complexity index is 371. The highest BCUT2D eigenvalue weighted by Crippen LogP contribution is 2.28. The number of amides is 1. The lowest BCUT2D eigenvalue weighted by molar-refractivity contribution is -0.126. The van der Waals surface area contributed by atoms with Crippen LogP contribution in [0.2, 0.25) is 0 Å². The molecule has 1 aliphatic heterocycles. The van der Waals surface area contributed by atoms with Crippen molar-refractivity contribution in [2.45, 2.75) is 76.8 Å². The van der Waals surface area contributed by atoms with E-state index in [9.17, 15) is 4.79 Å². The van der Waals surface area contributed by atoms with Gasteiger partial charge in [-0.2, -0.15) is 0 Å². The van der Waals surface area contributed by atoms with Crippen molar-refractivity contribution in [1.29, 1.82) is 0 Å². The van der Waals surface area contributed by atoms with Gasteiger partial charge in [0.15, 0.2) is 0 Å². The van der Waals surface area contributed by atoms with Gasteiger partial charge in [0, 0.05) is 18.6 Å². The number of nitrogens with one attached hydrogen (secondary N) is 1. The van der Waals surface area contributed by atoms with Crippen molar-refractivity contribution in [2.24, 2.45) is 11.7 Å². The lowest BCUT2D eigenvalue weighted by Gasteiger charge is -2.44. The number of hydrogen-bond donors (Lipinski definition) is 2.